The molecule has 0 radical (unpaired) electrons. The Hall–Kier alpha value is -1.18. The number of hydrogen-bond acceptors (Lipinski definition) is 1. The van der Waals surface area contributed by atoms with Crippen LogP contribution < -0.4 is 4.74 Å². The van der Waals surface area contributed by atoms with Crippen molar-refractivity contribution in [2.75, 3.05) is 6.61 Å². The van der Waals surface area contributed by atoms with E-state index in [0.29, 0.717) is 6.61 Å². The molecule has 2 atom stereocenters. The zero-order valence-corrected chi connectivity index (χ0v) is 13.7. The van der Waals surface area contributed by atoms with Crippen molar-refractivity contribution in [2.24, 2.45) is 0 Å². The number of rotatable bonds is 2. The van der Waals surface area contributed by atoms with Gasteiger partial charge in [-0.05, 0) is 54.7 Å². The summed E-state index contributed by atoms with van der Waals surface area (Å²) in [7, 11) is 0. The monoisotopic (exact) mass is 320 g/mol. The first-order valence-electron chi connectivity index (χ1n) is 7.20. The number of alkyl halides is 1. The summed E-state index contributed by atoms with van der Waals surface area (Å²) in [6, 6.07) is 12.3. The van der Waals surface area contributed by atoms with Crippen LogP contribution in [0.25, 0.3) is 0 Å². The Labute approximate surface area is 135 Å². The minimum atomic E-state index is -0.137. The molecule has 0 aromatic heterocycles. The molecule has 0 saturated heterocycles. The number of halogens is 2. The highest BCUT2D eigenvalue weighted by molar-refractivity contribution is 6.33. The van der Waals surface area contributed by atoms with E-state index in [2.05, 4.69) is 26.0 Å². The Bertz CT molecular complexity index is 666. The molecule has 110 valence electrons. The fraction of sp³-hybridized carbons (Fsp3) is 0.333. The quantitative estimate of drug-likeness (QED) is 0.635. The molecule has 0 fully saturated rings. The van der Waals surface area contributed by atoms with Crippen LogP contribution in [-0.2, 0) is 0 Å². The van der Waals surface area contributed by atoms with Crippen molar-refractivity contribution in [3.63, 3.8) is 0 Å². The fourth-order valence-electron chi connectivity index (χ4n) is 2.90. The lowest BCUT2D eigenvalue weighted by Gasteiger charge is -2.30. The van der Waals surface area contributed by atoms with Crippen LogP contribution in [0.1, 0.15) is 40.0 Å². The van der Waals surface area contributed by atoms with Gasteiger partial charge in [-0.2, -0.15) is 0 Å². The molecule has 0 saturated carbocycles. The van der Waals surface area contributed by atoms with Gasteiger partial charge < -0.3 is 4.74 Å². The van der Waals surface area contributed by atoms with Crippen molar-refractivity contribution in [2.45, 2.75) is 31.6 Å². The van der Waals surface area contributed by atoms with Gasteiger partial charge >= 0.3 is 0 Å². The van der Waals surface area contributed by atoms with Crippen LogP contribution in [0.3, 0.4) is 0 Å². The lowest BCUT2D eigenvalue weighted by Crippen LogP contribution is -2.18. The van der Waals surface area contributed by atoms with Gasteiger partial charge in [-0.3, -0.25) is 0 Å². The molecule has 0 N–H and O–H groups in total. The Morgan fingerprint density at radius 2 is 1.86 bits per heavy atom. The Kier molecular flexibility index (Phi) is 4.14. The van der Waals surface area contributed by atoms with Crippen molar-refractivity contribution < 1.29 is 4.74 Å². The van der Waals surface area contributed by atoms with E-state index in [9.17, 15) is 0 Å². The van der Waals surface area contributed by atoms with Gasteiger partial charge in [-0.1, -0.05) is 35.9 Å². The van der Waals surface area contributed by atoms with Gasteiger partial charge in [0.1, 0.15) is 5.75 Å². The maximum atomic E-state index is 6.80. The maximum Gasteiger partial charge on any atom is 0.122 e. The van der Waals surface area contributed by atoms with Crippen molar-refractivity contribution in [3.05, 3.63) is 63.7 Å². The number of aryl methyl sites for hydroxylation is 2. The highest BCUT2D eigenvalue weighted by atomic mass is 35.5. The number of hydrogen-bond donors (Lipinski definition) is 0. The highest BCUT2D eigenvalue weighted by Gasteiger charge is 2.30. The molecule has 1 heterocycles. The zero-order valence-electron chi connectivity index (χ0n) is 12.2. The van der Waals surface area contributed by atoms with Crippen molar-refractivity contribution in [1.29, 1.82) is 0 Å². The summed E-state index contributed by atoms with van der Waals surface area (Å²) in [6.45, 7) is 4.86. The molecule has 0 spiro atoms. The van der Waals surface area contributed by atoms with Crippen LogP contribution in [0, 0.1) is 13.8 Å². The van der Waals surface area contributed by atoms with E-state index in [4.69, 9.17) is 27.9 Å². The van der Waals surface area contributed by atoms with Gasteiger partial charge in [-0.25, -0.2) is 0 Å². The van der Waals surface area contributed by atoms with Crippen LogP contribution in [0.2, 0.25) is 5.02 Å². The molecule has 2 unspecified atom stereocenters. The van der Waals surface area contributed by atoms with Crippen LogP contribution in [0.15, 0.2) is 36.4 Å². The van der Waals surface area contributed by atoms with Gasteiger partial charge in [-0.15, -0.1) is 11.6 Å². The number of fused-ring (bicyclic) bond motifs is 1. The number of benzene rings is 2. The molecule has 0 aliphatic carbocycles. The SMILES string of the molecule is Cc1cc(Cl)c(C(Cl)C2CCOc3ccccc32)cc1C. The topological polar surface area (TPSA) is 9.23 Å². The van der Waals surface area contributed by atoms with E-state index < -0.39 is 0 Å². The van der Waals surface area contributed by atoms with Gasteiger partial charge in [0, 0.05) is 10.9 Å². The van der Waals surface area contributed by atoms with Gasteiger partial charge in [0.15, 0.2) is 0 Å². The van der Waals surface area contributed by atoms with Crippen LogP contribution in [0.4, 0.5) is 0 Å². The standard InChI is InChI=1S/C18H18Cl2O/c1-11-9-15(16(19)10-12(11)2)18(20)14-7-8-21-17-6-4-3-5-13(14)17/h3-6,9-10,14,18H,7-8H2,1-2H3. The summed E-state index contributed by atoms with van der Waals surface area (Å²) in [4.78, 5) is 0. The van der Waals surface area contributed by atoms with E-state index in [-0.39, 0.29) is 11.3 Å². The second-order valence-electron chi connectivity index (χ2n) is 5.64. The van der Waals surface area contributed by atoms with Crippen LogP contribution in [-0.4, -0.2) is 6.61 Å². The maximum absolute atomic E-state index is 6.80. The fourth-order valence-corrected chi connectivity index (χ4v) is 3.74. The Balaban J connectivity index is 2.00. The second-order valence-corrected chi connectivity index (χ2v) is 6.52. The molecule has 2 aromatic carbocycles. The summed E-state index contributed by atoms with van der Waals surface area (Å²) in [5, 5.41) is 0.615. The third-order valence-electron chi connectivity index (χ3n) is 4.27. The molecular formula is C18H18Cl2O. The van der Waals surface area contributed by atoms with E-state index in [1.54, 1.807) is 0 Å². The van der Waals surface area contributed by atoms with E-state index in [0.717, 1.165) is 22.8 Å². The van der Waals surface area contributed by atoms with Gasteiger partial charge in [0.05, 0.1) is 12.0 Å². The summed E-state index contributed by atoms with van der Waals surface area (Å²) in [5.41, 5.74) is 4.61. The largest absolute Gasteiger partial charge is 0.493 e. The molecule has 3 rings (SSSR count). The zero-order chi connectivity index (χ0) is 15.0. The summed E-state index contributed by atoms with van der Waals surface area (Å²) >= 11 is 13.2. The minimum absolute atomic E-state index is 0.137. The highest BCUT2D eigenvalue weighted by Crippen LogP contribution is 2.46. The molecule has 0 amide bonds. The molecule has 0 bridgehead atoms. The predicted molar refractivity (Wildman–Crippen MR) is 88.8 cm³/mol. The third-order valence-corrected chi connectivity index (χ3v) is 5.13. The normalized spacial score (nSPS) is 18.8. The minimum Gasteiger partial charge on any atom is -0.493 e. The molecule has 2 aromatic rings. The Morgan fingerprint density at radius 3 is 2.67 bits per heavy atom. The lowest BCUT2D eigenvalue weighted by atomic mass is 9.86. The molecule has 1 nitrogen and oxygen atoms in total. The first-order chi connectivity index (χ1) is 10.1. The van der Waals surface area contributed by atoms with E-state index in [1.807, 2.05) is 24.3 Å². The van der Waals surface area contributed by atoms with Crippen molar-refractivity contribution in [1.82, 2.24) is 0 Å². The van der Waals surface area contributed by atoms with E-state index >= 15 is 0 Å². The van der Waals surface area contributed by atoms with Crippen molar-refractivity contribution >= 4 is 23.2 Å². The molecule has 1 aliphatic rings. The van der Waals surface area contributed by atoms with Crippen LogP contribution in [0.5, 0.6) is 5.75 Å². The predicted octanol–water partition coefficient (Wildman–Crippen LogP) is 5.80. The lowest BCUT2D eigenvalue weighted by molar-refractivity contribution is 0.265. The molecular weight excluding hydrogens is 303 g/mol. The van der Waals surface area contributed by atoms with E-state index in [1.165, 1.54) is 16.7 Å². The van der Waals surface area contributed by atoms with Gasteiger partial charge in [0.2, 0.25) is 0 Å². The Morgan fingerprint density at radius 1 is 1.14 bits per heavy atom. The van der Waals surface area contributed by atoms with Gasteiger partial charge in [0.25, 0.3) is 0 Å². The summed E-state index contributed by atoms with van der Waals surface area (Å²) in [5.74, 6) is 1.18. The number of para-hydroxylation sites is 1. The second kappa shape index (κ2) is 5.90. The average molecular weight is 321 g/mol. The smallest absolute Gasteiger partial charge is 0.122 e. The van der Waals surface area contributed by atoms with Crippen LogP contribution >= 0.6 is 23.2 Å². The first kappa shape index (κ1) is 14.7. The molecule has 21 heavy (non-hydrogen) atoms. The summed E-state index contributed by atoms with van der Waals surface area (Å²) < 4.78 is 5.72. The molecule has 3 heteroatoms. The molecule has 1 aliphatic heterocycles. The van der Waals surface area contributed by atoms with Crippen molar-refractivity contribution in [3.8, 4) is 5.75 Å². The summed E-state index contributed by atoms with van der Waals surface area (Å²) in [6.07, 6.45) is 0.911. The third kappa shape index (κ3) is 2.77. The average Bonchev–Trinajstić information content (AvgIpc) is 2.49. The first-order valence-corrected chi connectivity index (χ1v) is 8.02. The number of ether oxygens (including phenoxy) is 1.